The molecule has 0 radical (unpaired) electrons. The van der Waals surface area contributed by atoms with E-state index in [1.165, 1.54) is 22.3 Å². The molecule has 5 nitrogen and oxygen atoms in total. The fraction of sp³-hybridized carbons (Fsp3) is 0.0625. The van der Waals surface area contributed by atoms with E-state index in [1.807, 2.05) is 36.7 Å². The minimum absolute atomic E-state index is 0.118. The van der Waals surface area contributed by atoms with E-state index in [1.54, 1.807) is 0 Å². The third-order valence-electron chi connectivity index (χ3n) is 10.6. The lowest BCUT2D eigenvalue weighted by Gasteiger charge is -2.21. The molecule has 0 amide bonds. The summed E-state index contributed by atoms with van der Waals surface area (Å²) in [6.07, 6.45) is 3.76. The topological polar surface area (TPSA) is 64.5 Å². The summed E-state index contributed by atoms with van der Waals surface area (Å²) < 4.78 is 0. The van der Waals surface area contributed by atoms with Gasteiger partial charge in [0.1, 0.15) is 0 Å². The van der Waals surface area contributed by atoms with Gasteiger partial charge in [-0.05, 0) is 51.1 Å². The highest BCUT2D eigenvalue weighted by molar-refractivity contribution is 6.03. The van der Waals surface area contributed by atoms with Gasteiger partial charge in [0.25, 0.3) is 0 Å². The molecule has 0 bridgehead atoms. The van der Waals surface area contributed by atoms with Gasteiger partial charge in [-0.2, -0.15) is 0 Å². The second kappa shape index (κ2) is 12.1. The van der Waals surface area contributed by atoms with Crippen LogP contribution in [0.3, 0.4) is 0 Å². The smallest absolute Gasteiger partial charge is 0.164 e. The van der Waals surface area contributed by atoms with E-state index in [0.29, 0.717) is 17.5 Å². The molecule has 1 aliphatic carbocycles. The Balaban J connectivity index is 1.00. The van der Waals surface area contributed by atoms with Gasteiger partial charge >= 0.3 is 0 Å². The second-order valence-electron chi connectivity index (χ2n) is 14.2. The summed E-state index contributed by atoms with van der Waals surface area (Å²) in [5.74, 6) is 1.97. The maximum Gasteiger partial charge on any atom is 0.164 e. The minimum Gasteiger partial charge on any atom is -0.254 e. The second-order valence-corrected chi connectivity index (χ2v) is 14.2. The minimum atomic E-state index is -0.118. The molecule has 0 N–H and O–H groups in total. The number of benzene rings is 6. The molecular weight excluding hydrogens is 647 g/mol. The molecular formula is C48H33N5. The van der Waals surface area contributed by atoms with Gasteiger partial charge in [-0.15, -0.1) is 0 Å². The Labute approximate surface area is 307 Å². The fourth-order valence-electron chi connectivity index (χ4n) is 7.84. The summed E-state index contributed by atoms with van der Waals surface area (Å²) >= 11 is 0. The van der Waals surface area contributed by atoms with Gasteiger partial charge in [-0.25, -0.2) is 15.0 Å². The van der Waals surface area contributed by atoms with Crippen molar-refractivity contribution in [2.24, 2.45) is 0 Å². The first-order valence-electron chi connectivity index (χ1n) is 17.9. The third kappa shape index (κ3) is 5.20. The Hall–Kier alpha value is -6.85. The summed E-state index contributed by atoms with van der Waals surface area (Å²) in [5.41, 5.74) is 14.1. The number of rotatable bonds is 5. The summed E-state index contributed by atoms with van der Waals surface area (Å²) in [6, 6.07) is 53.0. The standard InChI is InChI=1S/C48H33N5/c1-48(2)40-15-7-6-13-38(40)42-39(14-8-16-41(42)48)47-52-45(34-10-4-3-5-11-34)51-46(53-47)35-24-21-31(22-25-35)30-17-19-32(20-18-30)37-28-36-26-23-33-12-9-27-49-43(33)44(36)50-29-37/h3-29H,1-2H3. The molecule has 10 rings (SSSR count). The van der Waals surface area contributed by atoms with Gasteiger partial charge in [0, 0.05) is 50.8 Å². The van der Waals surface area contributed by atoms with Crippen LogP contribution in [0, 0.1) is 0 Å². The van der Waals surface area contributed by atoms with Crippen molar-refractivity contribution in [2.75, 3.05) is 0 Å². The van der Waals surface area contributed by atoms with Crippen LogP contribution in [-0.2, 0) is 5.41 Å². The first-order chi connectivity index (χ1) is 26.0. The lowest BCUT2D eigenvalue weighted by Crippen LogP contribution is -2.14. The zero-order chi connectivity index (χ0) is 35.5. The summed E-state index contributed by atoms with van der Waals surface area (Å²) in [6.45, 7) is 4.59. The number of pyridine rings is 2. The molecule has 3 heterocycles. The summed E-state index contributed by atoms with van der Waals surface area (Å²) in [5, 5.41) is 2.17. The normalized spacial score (nSPS) is 12.9. The van der Waals surface area contributed by atoms with Crippen LogP contribution in [0.25, 0.3) is 89.4 Å². The third-order valence-corrected chi connectivity index (χ3v) is 10.6. The van der Waals surface area contributed by atoms with Crippen molar-refractivity contribution >= 4 is 21.8 Å². The lowest BCUT2D eigenvalue weighted by atomic mass is 9.82. The Kier molecular flexibility index (Phi) is 7.08. The van der Waals surface area contributed by atoms with Crippen LogP contribution in [0.4, 0.5) is 0 Å². The Morgan fingerprint density at radius 2 is 0.962 bits per heavy atom. The number of nitrogens with zero attached hydrogens (tertiary/aromatic N) is 5. The quantitative estimate of drug-likeness (QED) is 0.169. The van der Waals surface area contributed by atoms with Crippen LogP contribution in [0.15, 0.2) is 164 Å². The number of fused-ring (bicyclic) bond motifs is 6. The molecule has 9 aromatic rings. The van der Waals surface area contributed by atoms with E-state index in [4.69, 9.17) is 19.9 Å². The summed E-state index contributed by atoms with van der Waals surface area (Å²) in [7, 11) is 0. The average molecular weight is 680 g/mol. The van der Waals surface area contributed by atoms with Crippen LogP contribution in [0.1, 0.15) is 25.0 Å². The van der Waals surface area contributed by atoms with Crippen LogP contribution in [0.2, 0.25) is 0 Å². The van der Waals surface area contributed by atoms with Crippen LogP contribution in [-0.4, -0.2) is 24.9 Å². The van der Waals surface area contributed by atoms with E-state index in [9.17, 15) is 0 Å². The number of aromatic nitrogens is 5. The molecule has 0 fully saturated rings. The maximum absolute atomic E-state index is 5.15. The number of hydrogen-bond donors (Lipinski definition) is 0. The van der Waals surface area contributed by atoms with Crippen LogP contribution in [0.5, 0.6) is 0 Å². The molecule has 6 aromatic carbocycles. The Bertz CT molecular complexity index is 2840. The van der Waals surface area contributed by atoms with Gasteiger partial charge in [0.15, 0.2) is 17.5 Å². The van der Waals surface area contributed by atoms with E-state index >= 15 is 0 Å². The predicted octanol–water partition coefficient (Wildman–Crippen LogP) is 11.6. The summed E-state index contributed by atoms with van der Waals surface area (Å²) in [4.78, 5) is 24.6. The van der Waals surface area contributed by atoms with E-state index in [0.717, 1.165) is 60.8 Å². The molecule has 0 saturated heterocycles. The first kappa shape index (κ1) is 30.9. The molecule has 0 saturated carbocycles. The van der Waals surface area contributed by atoms with E-state index in [-0.39, 0.29) is 5.41 Å². The lowest BCUT2D eigenvalue weighted by molar-refractivity contribution is 0.660. The van der Waals surface area contributed by atoms with Crippen molar-refractivity contribution < 1.29 is 0 Å². The van der Waals surface area contributed by atoms with Crippen molar-refractivity contribution in [1.82, 2.24) is 24.9 Å². The zero-order valence-electron chi connectivity index (χ0n) is 29.3. The largest absolute Gasteiger partial charge is 0.254 e. The van der Waals surface area contributed by atoms with Crippen molar-refractivity contribution in [3.8, 4) is 67.5 Å². The zero-order valence-corrected chi connectivity index (χ0v) is 29.3. The molecule has 0 unspecified atom stereocenters. The molecule has 5 heteroatoms. The fourth-order valence-corrected chi connectivity index (χ4v) is 7.84. The Morgan fingerprint density at radius 1 is 0.396 bits per heavy atom. The molecule has 3 aromatic heterocycles. The van der Waals surface area contributed by atoms with Gasteiger partial charge in [-0.3, -0.25) is 9.97 Å². The molecule has 0 atom stereocenters. The van der Waals surface area contributed by atoms with Crippen LogP contribution < -0.4 is 0 Å². The first-order valence-corrected chi connectivity index (χ1v) is 17.9. The van der Waals surface area contributed by atoms with Crippen molar-refractivity contribution in [1.29, 1.82) is 0 Å². The van der Waals surface area contributed by atoms with Gasteiger partial charge in [-0.1, -0.05) is 153 Å². The maximum atomic E-state index is 5.15. The molecule has 250 valence electrons. The predicted molar refractivity (Wildman–Crippen MR) is 215 cm³/mol. The van der Waals surface area contributed by atoms with Gasteiger partial charge < -0.3 is 0 Å². The van der Waals surface area contributed by atoms with Crippen molar-refractivity contribution in [2.45, 2.75) is 19.3 Å². The number of hydrogen-bond acceptors (Lipinski definition) is 5. The highest BCUT2D eigenvalue weighted by Crippen LogP contribution is 2.51. The molecule has 1 aliphatic rings. The van der Waals surface area contributed by atoms with Crippen molar-refractivity contribution in [3.05, 3.63) is 175 Å². The molecule has 53 heavy (non-hydrogen) atoms. The SMILES string of the molecule is CC1(C)c2ccccc2-c2c(-c3nc(-c4ccccc4)nc(-c4ccc(-c5ccc(-c6cnc7c(ccc8cccnc87)c6)cc5)cc4)n3)cccc21. The van der Waals surface area contributed by atoms with Crippen molar-refractivity contribution in [3.63, 3.8) is 0 Å². The van der Waals surface area contributed by atoms with Crippen LogP contribution >= 0.6 is 0 Å². The Morgan fingerprint density at radius 3 is 1.72 bits per heavy atom. The average Bonchev–Trinajstić information content (AvgIpc) is 3.47. The highest BCUT2D eigenvalue weighted by atomic mass is 15.0. The van der Waals surface area contributed by atoms with E-state index < -0.39 is 0 Å². The highest BCUT2D eigenvalue weighted by Gasteiger charge is 2.37. The van der Waals surface area contributed by atoms with Gasteiger partial charge in [0.05, 0.1) is 11.0 Å². The molecule has 0 aliphatic heterocycles. The monoisotopic (exact) mass is 679 g/mol. The van der Waals surface area contributed by atoms with Gasteiger partial charge in [0.2, 0.25) is 0 Å². The van der Waals surface area contributed by atoms with E-state index in [2.05, 4.69) is 146 Å². The molecule has 0 spiro atoms.